The summed E-state index contributed by atoms with van der Waals surface area (Å²) in [4.78, 5) is 25.3. The van der Waals surface area contributed by atoms with Gasteiger partial charge in [0.2, 0.25) is 5.91 Å². The SMILES string of the molecule is Cc1nc(CC2CC(Oc3ccc(OC(F)(F)F)cc3)C2)nc2c1N(C)C(=O)[C@H](C)N2C. The van der Waals surface area contributed by atoms with Crippen LogP contribution in [-0.2, 0) is 11.2 Å². The van der Waals surface area contributed by atoms with Crippen molar-refractivity contribution in [2.45, 2.75) is 51.6 Å². The first kappa shape index (κ1) is 22.2. The van der Waals surface area contributed by atoms with Gasteiger partial charge in [0.1, 0.15) is 29.1 Å². The van der Waals surface area contributed by atoms with Crippen molar-refractivity contribution < 1.29 is 27.4 Å². The number of ether oxygens (including phenoxy) is 2. The van der Waals surface area contributed by atoms with Crippen LogP contribution in [0.15, 0.2) is 24.3 Å². The summed E-state index contributed by atoms with van der Waals surface area (Å²) in [5, 5.41) is 0. The third-order valence-electron chi connectivity index (χ3n) is 6.05. The first-order valence-corrected chi connectivity index (χ1v) is 10.4. The Balaban J connectivity index is 1.35. The van der Waals surface area contributed by atoms with E-state index in [0.717, 1.165) is 35.9 Å². The Kier molecular flexibility index (Phi) is 5.64. The van der Waals surface area contributed by atoms with Crippen LogP contribution in [0.3, 0.4) is 0 Å². The second-order valence-electron chi connectivity index (χ2n) is 8.38. The fourth-order valence-electron chi connectivity index (χ4n) is 4.19. The summed E-state index contributed by atoms with van der Waals surface area (Å²) in [6.45, 7) is 3.74. The maximum atomic E-state index is 12.4. The van der Waals surface area contributed by atoms with Gasteiger partial charge in [-0.3, -0.25) is 4.79 Å². The predicted molar refractivity (Wildman–Crippen MR) is 112 cm³/mol. The number of fused-ring (bicyclic) bond motifs is 1. The lowest BCUT2D eigenvalue weighted by Gasteiger charge is -2.38. The Labute approximate surface area is 184 Å². The molecule has 1 fully saturated rings. The molecule has 1 saturated carbocycles. The van der Waals surface area contributed by atoms with Crippen LogP contribution in [0.5, 0.6) is 11.5 Å². The number of aryl methyl sites for hydroxylation is 1. The zero-order valence-electron chi connectivity index (χ0n) is 18.3. The van der Waals surface area contributed by atoms with Gasteiger partial charge in [-0.05, 0) is 56.9 Å². The van der Waals surface area contributed by atoms with E-state index >= 15 is 0 Å². The molecule has 2 heterocycles. The number of nitrogens with zero attached hydrogens (tertiary/aromatic N) is 4. The average molecular weight is 450 g/mol. The molecule has 2 aliphatic rings. The second-order valence-corrected chi connectivity index (χ2v) is 8.38. The standard InChI is InChI=1S/C22H25F3N4O3/c1-12-19-20(28(3)13(2)21(30)29(19)4)27-18(26-12)11-14-9-17(10-14)31-15-5-7-16(8-6-15)32-22(23,24)25/h5-8,13-14,17H,9-11H2,1-4H3/t13-,14?,17?/m0/s1. The first-order chi connectivity index (χ1) is 15.0. The maximum absolute atomic E-state index is 12.4. The smallest absolute Gasteiger partial charge is 0.490 e. The van der Waals surface area contributed by atoms with Gasteiger partial charge in [-0.25, -0.2) is 9.97 Å². The number of anilines is 2. The Morgan fingerprint density at radius 2 is 1.72 bits per heavy atom. The topological polar surface area (TPSA) is 67.8 Å². The Hall–Kier alpha value is -3.04. The van der Waals surface area contributed by atoms with Crippen LogP contribution in [0.2, 0.25) is 0 Å². The number of benzene rings is 1. The summed E-state index contributed by atoms with van der Waals surface area (Å²) in [6.07, 6.45) is -2.39. The van der Waals surface area contributed by atoms with Crippen LogP contribution in [-0.4, -0.2) is 48.5 Å². The molecule has 7 nitrogen and oxygen atoms in total. The van der Waals surface area contributed by atoms with E-state index in [1.165, 1.54) is 24.3 Å². The number of carbonyl (C=O) groups is 1. The molecule has 4 rings (SSSR count). The highest BCUT2D eigenvalue weighted by atomic mass is 19.4. The van der Waals surface area contributed by atoms with E-state index < -0.39 is 6.36 Å². The molecule has 1 aliphatic heterocycles. The van der Waals surface area contributed by atoms with Crippen LogP contribution >= 0.6 is 0 Å². The number of aromatic nitrogens is 2. The van der Waals surface area contributed by atoms with E-state index in [-0.39, 0.29) is 23.8 Å². The minimum absolute atomic E-state index is 0.000408. The van der Waals surface area contributed by atoms with Gasteiger partial charge in [-0.15, -0.1) is 13.2 Å². The zero-order valence-corrected chi connectivity index (χ0v) is 18.3. The Morgan fingerprint density at radius 1 is 1.09 bits per heavy atom. The van der Waals surface area contributed by atoms with Crippen molar-refractivity contribution >= 4 is 17.4 Å². The number of rotatable bonds is 5. The molecule has 2 aromatic rings. The lowest BCUT2D eigenvalue weighted by molar-refractivity contribution is -0.274. The molecule has 1 amide bonds. The lowest BCUT2D eigenvalue weighted by atomic mass is 9.80. The van der Waals surface area contributed by atoms with E-state index in [2.05, 4.69) is 9.72 Å². The third kappa shape index (κ3) is 4.44. The summed E-state index contributed by atoms with van der Waals surface area (Å²) in [7, 11) is 3.61. The van der Waals surface area contributed by atoms with Gasteiger partial charge in [0, 0.05) is 20.5 Å². The van der Waals surface area contributed by atoms with Crippen molar-refractivity contribution in [3.63, 3.8) is 0 Å². The molecule has 0 spiro atoms. The monoisotopic (exact) mass is 450 g/mol. The maximum Gasteiger partial charge on any atom is 0.573 e. The number of alkyl halides is 3. The molecule has 1 atom stereocenters. The highest BCUT2D eigenvalue weighted by molar-refractivity contribution is 6.04. The quantitative estimate of drug-likeness (QED) is 0.689. The number of likely N-dealkylation sites (N-methyl/N-ethyl adjacent to an activating group) is 2. The van der Waals surface area contributed by atoms with E-state index in [4.69, 9.17) is 9.72 Å². The second kappa shape index (κ2) is 8.14. The van der Waals surface area contributed by atoms with Crippen molar-refractivity contribution in [3.05, 3.63) is 35.8 Å². The molecular weight excluding hydrogens is 425 g/mol. The molecule has 32 heavy (non-hydrogen) atoms. The van der Waals surface area contributed by atoms with E-state index in [1.54, 1.807) is 11.9 Å². The van der Waals surface area contributed by atoms with Gasteiger partial charge in [-0.1, -0.05) is 0 Å². The third-order valence-corrected chi connectivity index (χ3v) is 6.05. The fourth-order valence-corrected chi connectivity index (χ4v) is 4.19. The summed E-state index contributed by atoms with van der Waals surface area (Å²) in [5.74, 6) is 2.10. The molecule has 0 unspecified atom stereocenters. The molecule has 0 bridgehead atoms. The Morgan fingerprint density at radius 3 is 2.34 bits per heavy atom. The Bertz CT molecular complexity index is 1010. The summed E-state index contributed by atoms with van der Waals surface area (Å²) in [6, 6.07) is 5.13. The largest absolute Gasteiger partial charge is 0.573 e. The number of hydrogen-bond donors (Lipinski definition) is 0. The van der Waals surface area contributed by atoms with Gasteiger partial charge < -0.3 is 19.3 Å². The number of amides is 1. The first-order valence-electron chi connectivity index (χ1n) is 10.4. The van der Waals surface area contributed by atoms with E-state index in [1.807, 2.05) is 25.8 Å². The fraction of sp³-hybridized carbons (Fsp3) is 0.500. The summed E-state index contributed by atoms with van der Waals surface area (Å²) in [5.41, 5.74) is 1.51. The zero-order chi connectivity index (χ0) is 23.2. The van der Waals surface area contributed by atoms with Crippen molar-refractivity contribution in [1.29, 1.82) is 0 Å². The van der Waals surface area contributed by atoms with E-state index in [9.17, 15) is 18.0 Å². The van der Waals surface area contributed by atoms with Gasteiger partial charge in [-0.2, -0.15) is 0 Å². The molecule has 1 aliphatic carbocycles. The van der Waals surface area contributed by atoms with Crippen LogP contribution in [0.4, 0.5) is 24.7 Å². The molecule has 0 N–H and O–H groups in total. The van der Waals surface area contributed by atoms with Crippen molar-refractivity contribution in [2.24, 2.45) is 5.92 Å². The normalized spacial score (nSPS) is 23.0. The number of carbonyl (C=O) groups excluding carboxylic acids is 1. The molecule has 1 aromatic carbocycles. The van der Waals surface area contributed by atoms with Gasteiger partial charge in [0.25, 0.3) is 0 Å². The predicted octanol–water partition coefficient (Wildman–Crippen LogP) is 3.88. The average Bonchev–Trinajstić information content (AvgIpc) is 2.69. The highest BCUT2D eigenvalue weighted by Gasteiger charge is 2.36. The van der Waals surface area contributed by atoms with E-state index in [0.29, 0.717) is 18.1 Å². The molecule has 0 radical (unpaired) electrons. The van der Waals surface area contributed by atoms with Crippen LogP contribution in [0.1, 0.15) is 31.3 Å². The van der Waals surface area contributed by atoms with Gasteiger partial charge in [0.05, 0.1) is 11.8 Å². The number of hydrogen-bond acceptors (Lipinski definition) is 6. The summed E-state index contributed by atoms with van der Waals surface area (Å²) < 4.78 is 46.5. The molecule has 172 valence electrons. The molecule has 1 aromatic heterocycles. The van der Waals surface area contributed by atoms with Crippen LogP contribution < -0.4 is 19.3 Å². The molecule has 10 heteroatoms. The summed E-state index contributed by atoms with van der Waals surface area (Å²) >= 11 is 0. The van der Waals surface area contributed by atoms with Crippen molar-refractivity contribution in [1.82, 2.24) is 9.97 Å². The number of halogens is 3. The molecular formula is C22H25F3N4O3. The minimum atomic E-state index is -4.71. The van der Waals surface area contributed by atoms with Crippen LogP contribution in [0.25, 0.3) is 0 Å². The van der Waals surface area contributed by atoms with Crippen LogP contribution in [0, 0.1) is 12.8 Å². The van der Waals surface area contributed by atoms with Crippen molar-refractivity contribution in [2.75, 3.05) is 23.9 Å². The molecule has 0 saturated heterocycles. The van der Waals surface area contributed by atoms with Gasteiger partial charge in [0.15, 0.2) is 5.82 Å². The highest BCUT2D eigenvalue weighted by Crippen LogP contribution is 2.37. The minimum Gasteiger partial charge on any atom is -0.490 e. The van der Waals surface area contributed by atoms with Gasteiger partial charge >= 0.3 is 6.36 Å². The lowest BCUT2D eigenvalue weighted by Crippen LogP contribution is -2.50. The van der Waals surface area contributed by atoms with Crippen molar-refractivity contribution in [3.8, 4) is 11.5 Å².